The molecule has 0 aliphatic carbocycles. The average molecular weight is 333 g/mol. The number of hydrogen-bond donors (Lipinski definition) is 3. The molecule has 0 radical (unpaired) electrons. The molecule has 2 amide bonds. The van der Waals surface area contributed by atoms with Crippen LogP contribution in [0.15, 0.2) is 4.79 Å². The van der Waals surface area contributed by atoms with Crippen molar-refractivity contribution in [2.24, 2.45) is 5.92 Å². The molecule has 2 aliphatic rings. The lowest BCUT2D eigenvalue weighted by molar-refractivity contribution is -0.126. The summed E-state index contributed by atoms with van der Waals surface area (Å²) in [5.41, 5.74) is -0.112. The molecule has 1 saturated heterocycles. The zero-order valence-electron chi connectivity index (χ0n) is 14.0. The summed E-state index contributed by atoms with van der Waals surface area (Å²) in [6, 6.07) is 0. The highest BCUT2D eigenvalue weighted by Gasteiger charge is 2.35. The number of carbonyl (C=O) groups is 2. The second-order valence-electron chi connectivity index (χ2n) is 6.54. The van der Waals surface area contributed by atoms with Gasteiger partial charge in [-0.15, -0.1) is 0 Å². The zero-order valence-corrected chi connectivity index (χ0v) is 14.0. The Morgan fingerprint density at radius 3 is 2.92 bits per heavy atom. The van der Waals surface area contributed by atoms with Gasteiger partial charge in [0.1, 0.15) is 5.82 Å². The molecule has 3 rings (SSSR count). The van der Waals surface area contributed by atoms with Crippen molar-refractivity contribution in [3.8, 4) is 0 Å². The van der Waals surface area contributed by atoms with Crippen LogP contribution in [-0.2, 0) is 9.59 Å². The standard InChI is InChI=1S/C16H23N5O3/c1-3-17-14(23)10-7-11(22)18-13-12(10)15(24)20-16(19-13)21-6-4-5-9(2)8-21/h9-10H,3-8H2,1-2H3,(H,17,23)(H2,18,19,20,22,24)/t9-,10-/m0/s1. The van der Waals surface area contributed by atoms with Crippen molar-refractivity contribution < 1.29 is 9.59 Å². The van der Waals surface area contributed by atoms with Gasteiger partial charge in [-0.3, -0.25) is 19.4 Å². The van der Waals surface area contributed by atoms with Gasteiger partial charge in [0.15, 0.2) is 0 Å². The number of anilines is 2. The van der Waals surface area contributed by atoms with E-state index in [2.05, 4.69) is 27.5 Å². The predicted octanol–water partition coefficient (Wildman–Crippen LogP) is 0.568. The smallest absolute Gasteiger partial charge is 0.258 e. The third kappa shape index (κ3) is 3.13. The van der Waals surface area contributed by atoms with E-state index < -0.39 is 5.92 Å². The lowest BCUT2D eigenvalue weighted by atomic mass is 9.92. The van der Waals surface area contributed by atoms with Crippen LogP contribution in [0.1, 0.15) is 44.6 Å². The molecule has 2 atom stereocenters. The predicted molar refractivity (Wildman–Crippen MR) is 90.1 cm³/mol. The van der Waals surface area contributed by atoms with Crippen LogP contribution in [0.25, 0.3) is 0 Å². The first-order valence-electron chi connectivity index (χ1n) is 8.46. The van der Waals surface area contributed by atoms with Gasteiger partial charge >= 0.3 is 0 Å². The molecule has 0 unspecified atom stereocenters. The van der Waals surface area contributed by atoms with Gasteiger partial charge in [-0.2, -0.15) is 4.98 Å². The monoisotopic (exact) mass is 333 g/mol. The van der Waals surface area contributed by atoms with Gasteiger partial charge in [0.05, 0.1) is 11.5 Å². The second kappa shape index (κ2) is 6.62. The lowest BCUT2D eigenvalue weighted by Crippen LogP contribution is -2.41. The van der Waals surface area contributed by atoms with Gasteiger partial charge < -0.3 is 15.5 Å². The topological polar surface area (TPSA) is 107 Å². The summed E-state index contributed by atoms with van der Waals surface area (Å²) < 4.78 is 0. The Bertz CT molecular complexity index is 714. The highest BCUT2D eigenvalue weighted by atomic mass is 16.2. The molecule has 1 aromatic heterocycles. The molecular weight excluding hydrogens is 310 g/mol. The summed E-state index contributed by atoms with van der Waals surface area (Å²) in [7, 11) is 0. The van der Waals surface area contributed by atoms with Crippen LogP contribution in [0.3, 0.4) is 0 Å². The van der Waals surface area contributed by atoms with E-state index >= 15 is 0 Å². The number of nitrogens with one attached hydrogen (secondary N) is 3. The molecule has 0 spiro atoms. The molecule has 8 nitrogen and oxygen atoms in total. The van der Waals surface area contributed by atoms with E-state index in [0.29, 0.717) is 18.4 Å². The van der Waals surface area contributed by atoms with Crippen molar-refractivity contribution in [2.45, 2.75) is 39.0 Å². The number of amides is 2. The molecule has 8 heteroatoms. The Balaban J connectivity index is 1.98. The van der Waals surface area contributed by atoms with Gasteiger partial charge in [0.2, 0.25) is 17.8 Å². The van der Waals surface area contributed by atoms with E-state index in [1.54, 1.807) is 6.92 Å². The molecule has 3 heterocycles. The first kappa shape index (κ1) is 16.5. The van der Waals surface area contributed by atoms with Crippen LogP contribution < -0.4 is 21.1 Å². The number of fused-ring (bicyclic) bond motifs is 1. The van der Waals surface area contributed by atoms with Crippen LogP contribution in [-0.4, -0.2) is 41.4 Å². The third-order valence-electron chi connectivity index (χ3n) is 4.56. The van der Waals surface area contributed by atoms with Crippen molar-refractivity contribution in [1.29, 1.82) is 0 Å². The number of aromatic amines is 1. The van der Waals surface area contributed by atoms with E-state index in [0.717, 1.165) is 25.9 Å². The number of hydrogen-bond acceptors (Lipinski definition) is 5. The van der Waals surface area contributed by atoms with Crippen LogP contribution in [0.4, 0.5) is 11.8 Å². The summed E-state index contributed by atoms with van der Waals surface area (Å²) in [5.74, 6) is -0.214. The number of nitrogens with zero attached hydrogens (tertiary/aromatic N) is 2. The molecule has 2 aliphatic heterocycles. The molecule has 130 valence electrons. The molecule has 1 fully saturated rings. The van der Waals surface area contributed by atoms with Crippen LogP contribution in [0.5, 0.6) is 0 Å². The Labute approximate surface area is 140 Å². The Morgan fingerprint density at radius 1 is 1.42 bits per heavy atom. The molecule has 1 aromatic rings. The summed E-state index contributed by atoms with van der Waals surface area (Å²) in [4.78, 5) is 46.0. The quantitative estimate of drug-likeness (QED) is 0.749. The Kier molecular flexibility index (Phi) is 4.55. The largest absolute Gasteiger partial charge is 0.356 e. The number of aromatic nitrogens is 2. The SMILES string of the molecule is CCNC(=O)[C@H]1CC(=O)Nc2nc(N3CCC[C@H](C)C3)[nH]c(=O)c21. The van der Waals surface area contributed by atoms with E-state index in [-0.39, 0.29) is 35.2 Å². The minimum absolute atomic E-state index is 0.0380. The molecule has 0 bridgehead atoms. The maximum Gasteiger partial charge on any atom is 0.258 e. The highest BCUT2D eigenvalue weighted by molar-refractivity contribution is 6.00. The maximum absolute atomic E-state index is 12.6. The van der Waals surface area contributed by atoms with Crippen molar-refractivity contribution in [1.82, 2.24) is 15.3 Å². The number of piperidine rings is 1. The molecular formula is C16H23N5O3. The summed E-state index contributed by atoms with van der Waals surface area (Å²) in [6.45, 7) is 6.04. The second-order valence-corrected chi connectivity index (χ2v) is 6.54. The molecule has 24 heavy (non-hydrogen) atoms. The van der Waals surface area contributed by atoms with Crippen molar-refractivity contribution in [2.75, 3.05) is 29.9 Å². The first-order chi connectivity index (χ1) is 11.5. The van der Waals surface area contributed by atoms with Crippen LogP contribution >= 0.6 is 0 Å². The van der Waals surface area contributed by atoms with Crippen LogP contribution in [0, 0.1) is 5.92 Å². The Hall–Kier alpha value is -2.38. The average Bonchev–Trinajstić information content (AvgIpc) is 2.53. The normalized spacial score (nSPS) is 23.4. The van der Waals surface area contributed by atoms with Gasteiger partial charge in [0, 0.05) is 26.1 Å². The number of H-pyrrole nitrogens is 1. The summed E-state index contributed by atoms with van der Waals surface area (Å²) in [6.07, 6.45) is 2.15. The van der Waals surface area contributed by atoms with Gasteiger partial charge in [-0.05, 0) is 25.7 Å². The minimum Gasteiger partial charge on any atom is -0.356 e. The van der Waals surface area contributed by atoms with Crippen molar-refractivity contribution >= 4 is 23.6 Å². The van der Waals surface area contributed by atoms with E-state index in [4.69, 9.17) is 0 Å². The molecule has 0 saturated carbocycles. The van der Waals surface area contributed by atoms with Crippen molar-refractivity contribution in [3.05, 3.63) is 15.9 Å². The third-order valence-corrected chi connectivity index (χ3v) is 4.56. The van der Waals surface area contributed by atoms with Crippen LogP contribution in [0.2, 0.25) is 0 Å². The fraction of sp³-hybridized carbons (Fsp3) is 0.625. The highest BCUT2D eigenvalue weighted by Crippen LogP contribution is 2.30. The maximum atomic E-state index is 12.6. The van der Waals surface area contributed by atoms with E-state index in [1.807, 2.05) is 4.90 Å². The van der Waals surface area contributed by atoms with Gasteiger partial charge in [-0.25, -0.2) is 0 Å². The lowest BCUT2D eigenvalue weighted by Gasteiger charge is -2.32. The van der Waals surface area contributed by atoms with E-state index in [1.165, 1.54) is 0 Å². The molecule has 0 aromatic carbocycles. The minimum atomic E-state index is -0.792. The van der Waals surface area contributed by atoms with Crippen molar-refractivity contribution in [3.63, 3.8) is 0 Å². The van der Waals surface area contributed by atoms with E-state index in [9.17, 15) is 14.4 Å². The summed E-state index contributed by atoms with van der Waals surface area (Å²) in [5, 5.41) is 5.32. The fourth-order valence-corrected chi connectivity index (χ4v) is 3.41. The number of likely N-dealkylation sites (N-methyl/N-ethyl adjacent to an activating group) is 1. The zero-order chi connectivity index (χ0) is 17.3. The first-order valence-corrected chi connectivity index (χ1v) is 8.46. The number of rotatable bonds is 3. The molecule has 3 N–H and O–H groups in total. The van der Waals surface area contributed by atoms with Gasteiger partial charge in [0.25, 0.3) is 5.56 Å². The fourth-order valence-electron chi connectivity index (χ4n) is 3.41. The van der Waals surface area contributed by atoms with Gasteiger partial charge in [-0.1, -0.05) is 6.92 Å². The Morgan fingerprint density at radius 2 is 2.21 bits per heavy atom. The number of carbonyl (C=O) groups excluding carboxylic acids is 2. The summed E-state index contributed by atoms with van der Waals surface area (Å²) >= 11 is 0.